The number of thiazole rings is 1. The van der Waals surface area contributed by atoms with E-state index in [4.69, 9.17) is 0 Å². The molecule has 0 aliphatic carbocycles. The zero-order valence-corrected chi connectivity index (χ0v) is 18.5. The predicted octanol–water partition coefficient (Wildman–Crippen LogP) is 2.95. The van der Waals surface area contributed by atoms with E-state index in [0.717, 1.165) is 42.7 Å². The molecule has 0 radical (unpaired) electrons. The summed E-state index contributed by atoms with van der Waals surface area (Å²) in [5, 5.41) is 8.96. The molecule has 3 heterocycles. The SMILES string of the molecule is CN=C(NCc1cn2ccsc2n1)NC1CCN(Cc2ccccc2)C1.I. The number of nitrogens with one attached hydrogen (secondary N) is 2. The number of aromatic nitrogens is 2. The molecule has 1 atom stereocenters. The van der Waals surface area contributed by atoms with Gasteiger partial charge in [0.1, 0.15) is 0 Å². The minimum absolute atomic E-state index is 0. The maximum atomic E-state index is 4.60. The molecule has 0 bridgehead atoms. The maximum absolute atomic E-state index is 4.60. The van der Waals surface area contributed by atoms with Crippen molar-refractivity contribution in [3.05, 3.63) is 59.4 Å². The lowest BCUT2D eigenvalue weighted by atomic mass is 10.2. The van der Waals surface area contributed by atoms with E-state index in [0.29, 0.717) is 12.6 Å². The monoisotopic (exact) mass is 496 g/mol. The first kappa shape index (κ1) is 20.1. The first-order chi connectivity index (χ1) is 12.8. The van der Waals surface area contributed by atoms with Crippen molar-refractivity contribution in [1.29, 1.82) is 0 Å². The van der Waals surface area contributed by atoms with Gasteiger partial charge < -0.3 is 10.6 Å². The van der Waals surface area contributed by atoms with Crippen LogP contribution < -0.4 is 10.6 Å². The molecule has 144 valence electrons. The summed E-state index contributed by atoms with van der Waals surface area (Å²) in [7, 11) is 1.82. The Morgan fingerprint density at radius 3 is 2.96 bits per heavy atom. The highest BCUT2D eigenvalue weighted by atomic mass is 127. The second-order valence-corrected chi connectivity index (χ2v) is 7.47. The Bertz CT molecular complexity index is 846. The molecule has 0 amide bonds. The van der Waals surface area contributed by atoms with Crippen LogP contribution >= 0.6 is 35.3 Å². The predicted molar refractivity (Wildman–Crippen MR) is 122 cm³/mol. The van der Waals surface area contributed by atoms with Crippen LogP contribution in [0.15, 0.2) is 53.1 Å². The summed E-state index contributed by atoms with van der Waals surface area (Å²) in [6, 6.07) is 11.1. The highest BCUT2D eigenvalue weighted by Crippen LogP contribution is 2.14. The molecule has 1 aromatic carbocycles. The van der Waals surface area contributed by atoms with Gasteiger partial charge in [0.15, 0.2) is 10.9 Å². The Hall–Kier alpha value is -1.65. The summed E-state index contributed by atoms with van der Waals surface area (Å²) in [6.07, 6.45) is 5.22. The fourth-order valence-electron chi connectivity index (χ4n) is 3.36. The van der Waals surface area contributed by atoms with Crippen molar-refractivity contribution in [2.75, 3.05) is 20.1 Å². The van der Waals surface area contributed by atoms with Crippen LogP contribution in [0, 0.1) is 0 Å². The zero-order valence-electron chi connectivity index (χ0n) is 15.3. The average molecular weight is 496 g/mol. The van der Waals surface area contributed by atoms with Gasteiger partial charge in [0.25, 0.3) is 0 Å². The first-order valence-electron chi connectivity index (χ1n) is 8.95. The largest absolute Gasteiger partial charge is 0.352 e. The molecule has 4 rings (SSSR count). The normalized spacial score (nSPS) is 17.8. The Labute approximate surface area is 180 Å². The van der Waals surface area contributed by atoms with Gasteiger partial charge in [0.2, 0.25) is 0 Å². The topological polar surface area (TPSA) is 57.0 Å². The van der Waals surface area contributed by atoms with Crippen LogP contribution in [-0.2, 0) is 13.1 Å². The van der Waals surface area contributed by atoms with Crippen LogP contribution in [0.4, 0.5) is 0 Å². The van der Waals surface area contributed by atoms with Gasteiger partial charge in [-0.3, -0.25) is 14.3 Å². The Balaban J connectivity index is 0.00000210. The van der Waals surface area contributed by atoms with Crippen LogP contribution in [0.2, 0.25) is 0 Å². The lowest BCUT2D eigenvalue weighted by Gasteiger charge is -2.18. The number of fused-ring (bicyclic) bond motifs is 1. The minimum atomic E-state index is 0. The number of hydrogen-bond donors (Lipinski definition) is 2. The van der Waals surface area contributed by atoms with Gasteiger partial charge in [-0.05, 0) is 12.0 Å². The van der Waals surface area contributed by atoms with Crippen molar-refractivity contribution in [2.24, 2.45) is 4.99 Å². The molecule has 27 heavy (non-hydrogen) atoms. The molecule has 6 nitrogen and oxygen atoms in total. The fraction of sp³-hybridized carbons (Fsp3) is 0.368. The molecule has 0 saturated carbocycles. The number of rotatable bonds is 5. The van der Waals surface area contributed by atoms with Crippen LogP contribution in [0.1, 0.15) is 17.7 Å². The van der Waals surface area contributed by atoms with Crippen LogP contribution in [0.3, 0.4) is 0 Å². The van der Waals surface area contributed by atoms with Gasteiger partial charge in [0.05, 0.1) is 12.2 Å². The molecule has 1 unspecified atom stereocenters. The van der Waals surface area contributed by atoms with Crippen LogP contribution in [-0.4, -0.2) is 46.4 Å². The Morgan fingerprint density at radius 1 is 1.33 bits per heavy atom. The van der Waals surface area contributed by atoms with E-state index >= 15 is 0 Å². The van der Waals surface area contributed by atoms with E-state index in [1.165, 1.54) is 5.56 Å². The van der Waals surface area contributed by atoms with Gasteiger partial charge in [-0.1, -0.05) is 30.3 Å². The zero-order chi connectivity index (χ0) is 17.8. The summed E-state index contributed by atoms with van der Waals surface area (Å²) < 4.78 is 2.05. The summed E-state index contributed by atoms with van der Waals surface area (Å²) >= 11 is 1.65. The standard InChI is InChI=1S/C19H24N6S.HI/c1-20-18(21-11-17-14-25-9-10-26-19(25)23-17)22-16-7-8-24(13-16)12-15-5-3-2-4-6-15;/h2-6,9-10,14,16H,7-8,11-13H2,1H3,(H2,20,21,22);1H. The molecule has 2 N–H and O–H groups in total. The van der Waals surface area contributed by atoms with Crippen molar-refractivity contribution in [1.82, 2.24) is 24.9 Å². The highest BCUT2D eigenvalue weighted by molar-refractivity contribution is 14.0. The van der Waals surface area contributed by atoms with E-state index in [1.807, 2.05) is 18.6 Å². The van der Waals surface area contributed by atoms with Gasteiger partial charge >= 0.3 is 0 Å². The third kappa shape index (κ3) is 5.20. The van der Waals surface area contributed by atoms with E-state index in [9.17, 15) is 0 Å². The molecule has 2 aromatic heterocycles. The van der Waals surface area contributed by atoms with E-state index < -0.39 is 0 Å². The number of imidazole rings is 1. The smallest absolute Gasteiger partial charge is 0.193 e. The molecule has 1 saturated heterocycles. The van der Waals surface area contributed by atoms with Crippen LogP contribution in [0.25, 0.3) is 4.96 Å². The molecule has 1 aliphatic rings. The summed E-state index contributed by atoms with van der Waals surface area (Å²) in [5.41, 5.74) is 2.40. The van der Waals surface area contributed by atoms with E-state index in [-0.39, 0.29) is 24.0 Å². The molecule has 1 fully saturated rings. The minimum Gasteiger partial charge on any atom is -0.352 e. The van der Waals surface area contributed by atoms with Gasteiger partial charge in [-0.25, -0.2) is 4.98 Å². The lowest BCUT2D eigenvalue weighted by Crippen LogP contribution is -2.44. The first-order valence-corrected chi connectivity index (χ1v) is 9.82. The summed E-state index contributed by atoms with van der Waals surface area (Å²) in [6.45, 7) is 3.83. The number of hydrogen-bond acceptors (Lipinski definition) is 4. The molecule has 1 aliphatic heterocycles. The fourth-order valence-corrected chi connectivity index (χ4v) is 4.08. The van der Waals surface area contributed by atoms with Crippen molar-refractivity contribution in [3.63, 3.8) is 0 Å². The summed E-state index contributed by atoms with van der Waals surface area (Å²) in [5.74, 6) is 0.841. The molecular formula is C19H25IN6S. The number of guanidine groups is 1. The maximum Gasteiger partial charge on any atom is 0.193 e. The molecule has 8 heteroatoms. The van der Waals surface area contributed by atoms with Crippen molar-refractivity contribution in [3.8, 4) is 0 Å². The van der Waals surface area contributed by atoms with Gasteiger partial charge in [0, 0.05) is 50.5 Å². The lowest BCUT2D eigenvalue weighted by molar-refractivity contribution is 0.324. The van der Waals surface area contributed by atoms with Gasteiger partial charge in [-0.15, -0.1) is 35.3 Å². The van der Waals surface area contributed by atoms with Gasteiger partial charge in [-0.2, -0.15) is 0 Å². The molecular weight excluding hydrogens is 471 g/mol. The van der Waals surface area contributed by atoms with Crippen molar-refractivity contribution >= 4 is 46.2 Å². The quantitative estimate of drug-likeness (QED) is 0.324. The third-order valence-electron chi connectivity index (χ3n) is 4.67. The highest BCUT2D eigenvalue weighted by Gasteiger charge is 2.23. The van der Waals surface area contributed by atoms with Crippen molar-refractivity contribution in [2.45, 2.75) is 25.6 Å². The second-order valence-electron chi connectivity index (χ2n) is 6.60. The van der Waals surface area contributed by atoms with E-state index in [2.05, 4.69) is 66.4 Å². The van der Waals surface area contributed by atoms with E-state index in [1.54, 1.807) is 11.3 Å². The molecule has 3 aromatic rings. The second kappa shape index (κ2) is 9.52. The number of benzene rings is 1. The Morgan fingerprint density at radius 2 is 2.19 bits per heavy atom. The molecule has 0 spiro atoms. The van der Waals surface area contributed by atoms with Crippen molar-refractivity contribution < 1.29 is 0 Å². The number of halogens is 1. The number of likely N-dealkylation sites (tertiary alicyclic amines) is 1. The van der Waals surface area contributed by atoms with Crippen LogP contribution in [0.5, 0.6) is 0 Å². The summed E-state index contributed by atoms with van der Waals surface area (Å²) in [4.78, 5) is 12.5. The Kier molecular flexibility index (Phi) is 7.08. The number of nitrogens with zero attached hydrogens (tertiary/aromatic N) is 4. The average Bonchev–Trinajstić information content (AvgIpc) is 3.36. The third-order valence-corrected chi connectivity index (χ3v) is 5.44. The number of aliphatic imine (C=N–C) groups is 1.